The summed E-state index contributed by atoms with van der Waals surface area (Å²) in [4.78, 5) is 33.0. The standard InChI is InChI=1S/C56H88Br2N4O2/c1-5-9-13-17-21-23-27-31-35-45(33-29-25-19-15-11-7-3)43-61-51-41-47(57)37-39-49(51)53(55(61)63)59-60-54-50-40-38-48(58)42-52(50)62(56(54)64)44-46(34-30-26-20-16-12-8-4)36-32-28-24-22-18-14-10-6-2/h37-42,45-46H,5-36,43-44H2,1-4H3/b59-53-,60-54+. The van der Waals surface area contributed by atoms with Gasteiger partial charge in [-0.2, -0.15) is 0 Å². The van der Waals surface area contributed by atoms with Gasteiger partial charge < -0.3 is 9.80 Å². The summed E-state index contributed by atoms with van der Waals surface area (Å²) in [7, 11) is 0. The summed E-state index contributed by atoms with van der Waals surface area (Å²) in [5, 5.41) is 9.48. The fraction of sp³-hybridized carbons (Fsp3) is 0.714. The Hall–Kier alpha value is -2.32. The molecule has 2 unspecified atom stereocenters. The van der Waals surface area contributed by atoms with Crippen LogP contribution in [0.2, 0.25) is 0 Å². The molecule has 2 aliphatic heterocycles. The molecule has 0 spiro atoms. The first-order valence-corrected chi connectivity index (χ1v) is 28.3. The Morgan fingerprint density at radius 1 is 0.406 bits per heavy atom. The molecular formula is C56H88Br2N4O2. The molecule has 8 heteroatoms. The van der Waals surface area contributed by atoms with E-state index in [1.165, 1.54) is 180 Å². The number of fused-ring (bicyclic) bond motifs is 2. The van der Waals surface area contributed by atoms with Crippen LogP contribution in [0.25, 0.3) is 0 Å². The molecule has 0 aromatic heterocycles. The number of unbranched alkanes of at least 4 members (excludes halogenated alkanes) is 24. The van der Waals surface area contributed by atoms with E-state index in [0.29, 0.717) is 36.3 Å². The molecule has 0 bridgehead atoms. The fourth-order valence-corrected chi connectivity index (χ4v) is 10.6. The summed E-state index contributed by atoms with van der Waals surface area (Å²) in [6.07, 6.45) is 40.8. The van der Waals surface area contributed by atoms with Crippen molar-refractivity contribution >= 4 is 66.5 Å². The summed E-state index contributed by atoms with van der Waals surface area (Å²) in [6.45, 7) is 10.5. The number of rotatable bonds is 37. The summed E-state index contributed by atoms with van der Waals surface area (Å²) < 4.78 is 1.88. The van der Waals surface area contributed by atoms with E-state index in [2.05, 4.69) is 71.7 Å². The molecular weight excluding hydrogens is 920 g/mol. The average Bonchev–Trinajstić information content (AvgIpc) is 3.69. The number of nitrogens with zero attached hydrogens (tertiary/aromatic N) is 4. The fourth-order valence-electron chi connectivity index (χ4n) is 9.95. The zero-order chi connectivity index (χ0) is 45.8. The third-order valence-electron chi connectivity index (χ3n) is 13.9. The molecule has 6 nitrogen and oxygen atoms in total. The van der Waals surface area contributed by atoms with Gasteiger partial charge in [0.15, 0.2) is 11.4 Å². The maximum absolute atomic E-state index is 14.6. The van der Waals surface area contributed by atoms with Crippen molar-refractivity contribution in [2.45, 2.75) is 233 Å². The molecule has 4 rings (SSSR count). The summed E-state index contributed by atoms with van der Waals surface area (Å²) in [6, 6.07) is 12.1. The average molecular weight is 1010 g/mol. The molecule has 0 radical (unpaired) electrons. The predicted molar refractivity (Wildman–Crippen MR) is 283 cm³/mol. The van der Waals surface area contributed by atoms with Crippen LogP contribution in [0.4, 0.5) is 11.4 Å². The first-order valence-electron chi connectivity index (χ1n) is 26.7. The van der Waals surface area contributed by atoms with Crippen LogP contribution in [0.1, 0.15) is 244 Å². The molecule has 358 valence electrons. The second-order valence-corrected chi connectivity index (χ2v) is 21.3. The van der Waals surface area contributed by atoms with E-state index in [1.54, 1.807) is 0 Å². The van der Waals surface area contributed by atoms with Gasteiger partial charge in [0.25, 0.3) is 11.8 Å². The molecule has 64 heavy (non-hydrogen) atoms. The molecule has 0 aliphatic carbocycles. The lowest BCUT2D eigenvalue weighted by atomic mass is 9.93. The van der Waals surface area contributed by atoms with Crippen LogP contribution in [-0.4, -0.2) is 36.3 Å². The summed E-state index contributed by atoms with van der Waals surface area (Å²) in [5.74, 6) is 0.643. The maximum Gasteiger partial charge on any atom is 0.279 e. The van der Waals surface area contributed by atoms with E-state index in [4.69, 9.17) is 10.2 Å². The van der Waals surface area contributed by atoms with Gasteiger partial charge in [-0.15, -0.1) is 10.2 Å². The Morgan fingerprint density at radius 3 is 0.953 bits per heavy atom. The first kappa shape index (κ1) is 54.3. The van der Waals surface area contributed by atoms with Gasteiger partial charge in [0.1, 0.15) is 0 Å². The quantitative estimate of drug-likeness (QED) is 0.0500. The first-order chi connectivity index (χ1) is 31.3. The van der Waals surface area contributed by atoms with Crippen LogP contribution in [0.5, 0.6) is 0 Å². The molecule has 0 saturated heterocycles. The number of anilines is 2. The molecule has 0 saturated carbocycles. The predicted octanol–water partition coefficient (Wildman–Crippen LogP) is 17.9. The molecule has 2 aromatic rings. The Balaban J connectivity index is 1.52. The van der Waals surface area contributed by atoms with Crippen LogP contribution >= 0.6 is 31.9 Å². The van der Waals surface area contributed by atoms with E-state index in [1.807, 2.05) is 34.1 Å². The smallest absolute Gasteiger partial charge is 0.279 e. The Kier molecular flexibility index (Phi) is 27.5. The normalized spacial score (nSPS) is 15.8. The van der Waals surface area contributed by atoms with Gasteiger partial charge in [0.05, 0.1) is 11.4 Å². The van der Waals surface area contributed by atoms with Crippen LogP contribution in [0.3, 0.4) is 0 Å². The highest BCUT2D eigenvalue weighted by molar-refractivity contribution is 9.10. The molecule has 2 heterocycles. The minimum Gasteiger partial charge on any atom is -0.306 e. The number of benzene rings is 2. The van der Waals surface area contributed by atoms with E-state index in [0.717, 1.165) is 57.1 Å². The van der Waals surface area contributed by atoms with Crippen LogP contribution in [0, 0.1) is 11.8 Å². The maximum atomic E-state index is 14.6. The van der Waals surface area contributed by atoms with E-state index >= 15 is 0 Å². The van der Waals surface area contributed by atoms with E-state index < -0.39 is 0 Å². The number of hydrogen-bond acceptors (Lipinski definition) is 4. The van der Waals surface area contributed by atoms with Gasteiger partial charge in [0.2, 0.25) is 0 Å². The van der Waals surface area contributed by atoms with Gasteiger partial charge in [-0.1, -0.05) is 239 Å². The highest BCUT2D eigenvalue weighted by Crippen LogP contribution is 2.37. The Bertz CT molecular complexity index is 1580. The van der Waals surface area contributed by atoms with Gasteiger partial charge in [-0.05, 0) is 73.9 Å². The Labute approximate surface area is 408 Å². The molecule has 2 atom stereocenters. The van der Waals surface area contributed by atoms with Crippen molar-refractivity contribution in [2.75, 3.05) is 22.9 Å². The highest BCUT2D eigenvalue weighted by Gasteiger charge is 2.38. The van der Waals surface area contributed by atoms with Crippen LogP contribution in [0.15, 0.2) is 55.5 Å². The number of carbonyl (C=O) groups is 2. The van der Waals surface area contributed by atoms with Crippen molar-refractivity contribution in [1.82, 2.24) is 0 Å². The van der Waals surface area contributed by atoms with Crippen molar-refractivity contribution in [1.29, 1.82) is 0 Å². The monoisotopic (exact) mass is 1010 g/mol. The lowest BCUT2D eigenvalue weighted by molar-refractivity contribution is -0.113. The lowest BCUT2D eigenvalue weighted by Crippen LogP contribution is -2.35. The zero-order valence-corrected chi connectivity index (χ0v) is 44.2. The SMILES string of the molecule is CCCCCCCCCCC(CCCCCCCC)CN1C(=O)/C(=N\N=C2\C(=O)N(CC(CCCCCCCC)CCCCCCCCCC)c3cc(Br)ccc32)c2ccc(Br)cc21. The number of carbonyl (C=O) groups excluding carboxylic acids is 2. The van der Waals surface area contributed by atoms with Crippen LogP contribution in [-0.2, 0) is 9.59 Å². The number of amides is 2. The second kappa shape index (κ2) is 32.4. The van der Waals surface area contributed by atoms with Crippen molar-refractivity contribution in [3.05, 3.63) is 56.5 Å². The Morgan fingerprint density at radius 2 is 0.672 bits per heavy atom. The topological polar surface area (TPSA) is 65.3 Å². The molecule has 0 fully saturated rings. The zero-order valence-electron chi connectivity index (χ0n) is 41.0. The molecule has 2 amide bonds. The van der Waals surface area contributed by atoms with Gasteiger partial charge >= 0.3 is 0 Å². The minimum atomic E-state index is -0.107. The van der Waals surface area contributed by atoms with Gasteiger partial charge in [0, 0.05) is 33.2 Å². The van der Waals surface area contributed by atoms with Gasteiger partial charge in [-0.3, -0.25) is 9.59 Å². The third kappa shape index (κ3) is 18.8. The highest BCUT2D eigenvalue weighted by atomic mass is 79.9. The lowest BCUT2D eigenvalue weighted by Gasteiger charge is -2.25. The van der Waals surface area contributed by atoms with Crippen molar-refractivity contribution in [2.24, 2.45) is 22.0 Å². The third-order valence-corrected chi connectivity index (χ3v) is 14.9. The van der Waals surface area contributed by atoms with Crippen LogP contribution < -0.4 is 9.80 Å². The van der Waals surface area contributed by atoms with Gasteiger partial charge in [-0.25, -0.2) is 0 Å². The molecule has 0 N–H and O–H groups in total. The molecule has 2 aromatic carbocycles. The van der Waals surface area contributed by atoms with E-state index in [9.17, 15) is 9.59 Å². The largest absolute Gasteiger partial charge is 0.306 e. The van der Waals surface area contributed by atoms with Crippen molar-refractivity contribution in [3.8, 4) is 0 Å². The number of halogens is 2. The minimum absolute atomic E-state index is 0.107. The van der Waals surface area contributed by atoms with Crippen molar-refractivity contribution < 1.29 is 9.59 Å². The molecule has 2 aliphatic rings. The van der Waals surface area contributed by atoms with Crippen molar-refractivity contribution in [3.63, 3.8) is 0 Å². The number of hydrogen-bond donors (Lipinski definition) is 0. The summed E-state index contributed by atoms with van der Waals surface area (Å²) in [5.41, 5.74) is 4.05. The second-order valence-electron chi connectivity index (χ2n) is 19.4. The summed E-state index contributed by atoms with van der Waals surface area (Å²) >= 11 is 7.41. The van der Waals surface area contributed by atoms with E-state index in [-0.39, 0.29) is 11.8 Å².